The Morgan fingerprint density at radius 3 is 2.61 bits per heavy atom. The lowest BCUT2D eigenvalue weighted by atomic mass is 9.89. The highest BCUT2D eigenvalue weighted by Crippen LogP contribution is 2.34. The number of hydrogen-bond acceptors (Lipinski definition) is 3. The van der Waals surface area contributed by atoms with Gasteiger partial charge in [0.25, 0.3) is 0 Å². The van der Waals surface area contributed by atoms with E-state index in [9.17, 15) is 19.5 Å². The van der Waals surface area contributed by atoms with Crippen LogP contribution in [0.4, 0.5) is 0 Å². The van der Waals surface area contributed by atoms with Crippen LogP contribution in [0.5, 0.6) is 0 Å². The zero-order chi connectivity index (χ0) is 17.4. The fraction of sp³-hybridized carbons (Fsp3) is 0.722. The molecule has 0 heterocycles. The van der Waals surface area contributed by atoms with Crippen molar-refractivity contribution in [3.05, 3.63) is 12.2 Å². The van der Waals surface area contributed by atoms with E-state index in [2.05, 4.69) is 5.32 Å². The summed E-state index contributed by atoms with van der Waals surface area (Å²) in [5.41, 5.74) is 0. The maximum Gasteiger partial charge on any atom is 0.326 e. The van der Waals surface area contributed by atoms with Gasteiger partial charge < -0.3 is 10.4 Å². The third-order valence-electron chi connectivity index (χ3n) is 4.78. The van der Waals surface area contributed by atoms with Crippen molar-refractivity contribution < 1.29 is 19.5 Å². The van der Waals surface area contributed by atoms with E-state index in [1.807, 2.05) is 32.9 Å². The number of amides is 1. The second-order valence-electron chi connectivity index (χ2n) is 6.46. The summed E-state index contributed by atoms with van der Waals surface area (Å²) >= 11 is 0. The van der Waals surface area contributed by atoms with E-state index in [4.69, 9.17) is 0 Å². The van der Waals surface area contributed by atoms with Crippen molar-refractivity contribution in [3.8, 4) is 0 Å². The predicted octanol–water partition coefficient (Wildman–Crippen LogP) is 2.94. The molecular weight excluding hydrogens is 294 g/mol. The summed E-state index contributed by atoms with van der Waals surface area (Å²) in [7, 11) is 0. The summed E-state index contributed by atoms with van der Waals surface area (Å²) in [6.45, 7) is 5.76. The van der Waals surface area contributed by atoms with Crippen molar-refractivity contribution in [2.24, 2.45) is 17.8 Å². The Kier molecular flexibility index (Phi) is 8.00. The topological polar surface area (TPSA) is 83.5 Å². The van der Waals surface area contributed by atoms with Gasteiger partial charge in [-0.1, -0.05) is 39.3 Å². The second-order valence-corrected chi connectivity index (χ2v) is 6.46. The molecule has 130 valence electrons. The van der Waals surface area contributed by atoms with Crippen LogP contribution >= 0.6 is 0 Å². The molecule has 0 unspecified atom stereocenters. The molecule has 0 aromatic carbocycles. The average Bonchev–Trinajstić information content (AvgIpc) is 2.84. The van der Waals surface area contributed by atoms with Crippen LogP contribution in [0.3, 0.4) is 0 Å². The van der Waals surface area contributed by atoms with Gasteiger partial charge in [0.15, 0.2) is 0 Å². The molecule has 0 aromatic rings. The Bertz CT molecular complexity index is 458. The number of hydrogen-bond donors (Lipinski definition) is 2. The van der Waals surface area contributed by atoms with Crippen LogP contribution in [-0.4, -0.2) is 28.8 Å². The van der Waals surface area contributed by atoms with Crippen molar-refractivity contribution in [2.75, 3.05) is 0 Å². The third kappa shape index (κ3) is 5.81. The van der Waals surface area contributed by atoms with Crippen LogP contribution in [0, 0.1) is 17.8 Å². The van der Waals surface area contributed by atoms with Crippen LogP contribution in [0.25, 0.3) is 0 Å². The summed E-state index contributed by atoms with van der Waals surface area (Å²) in [5.74, 6) is -1.24. The molecule has 2 N–H and O–H groups in total. The first-order valence-corrected chi connectivity index (χ1v) is 8.60. The van der Waals surface area contributed by atoms with E-state index >= 15 is 0 Å². The minimum absolute atomic E-state index is 0.0235. The predicted molar refractivity (Wildman–Crippen MR) is 88.9 cm³/mol. The van der Waals surface area contributed by atoms with Gasteiger partial charge in [-0.2, -0.15) is 0 Å². The number of carbonyl (C=O) groups is 3. The number of ketones is 1. The van der Waals surface area contributed by atoms with E-state index in [-0.39, 0.29) is 35.9 Å². The molecule has 0 aromatic heterocycles. The van der Waals surface area contributed by atoms with Gasteiger partial charge >= 0.3 is 5.97 Å². The monoisotopic (exact) mass is 323 g/mol. The number of allylic oxidation sites excluding steroid dienone is 2. The molecule has 1 fully saturated rings. The Hall–Kier alpha value is -1.65. The Morgan fingerprint density at radius 1 is 1.35 bits per heavy atom. The lowest BCUT2D eigenvalue weighted by Crippen LogP contribution is -2.45. The van der Waals surface area contributed by atoms with Gasteiger partial charge in [-0.3, -0.25) is 9.59 Å². The maximum atomic E-state index is 12.2. The number of carbonyl (C=O) groups excluding carboxylic acids is 2. The minimum Gasteiger partial charge on any atom is -0.480 e. The van der Waals surface area contributed by atoms with Crippen molar-refractivity contribution in [1.82, 2.24) is 5.32 Å². The Morgan fingerprint density at radius 2 is 2.04 bits per heavy atom. The molecule has 0 spiro atoms. The number of aliphatic carboxylic acids is 1. The number of carboxylic acids is 1. The first-order chi connectivity index (χ1) is 10.9. The number of rotatable bonds is 9. The van der Waals surface area contributed by atoms with Gasteiger partial charge in [-0.25, -0.2) is 4.79 Å². The molecule has 1 saturated carbocycles. The minimum atomic E-state index is -1.00. The first-order valence-electron chi connectivity index (χ1n) is 8.60. The molecule has 5 heteroatoms. The largest absolute Gasteiger partial charge is 0.480 e. The molecule has 1 aliphatic rings. The Labute approximate surface area is 138 Å². The average molecular weight is 323 g/mol. The van der Waals surface area contributed by atoms with E-state index in [0.717, 1.165) is 12.8 Å². The highest BCUT2D eigenvalue weighted by atomic mass is 16.4. The van der Waals surface area contributed by atoms with Gasteiger partial charge in [0, 0.05) is 18.8 Å². The van der Waals surface area contributed by atoms with Crippen molar-refractivity contribution in [1.29, 1.82) is 0 Å². The Balaban J connectivity index is 2.62. The van der Waals surface area contributed by atoms with Gasteiger partial charge in [0.1, 0.15) is 11.8 Å². The van der Waals surface area contributed by atoms with E-state index < -0.39 is 12.0 Å². The van der Waals surface area contributed by atoms with E-state index in [0.29, 0.717) is 19.3 Å². The van der Waals surface area contributed by atoms with E-state index in [1.165, 1.54) is 0 Å². The van der Waals surface area contributed by atoms with Crippen LogP contribution in [-0.2, 0) is 14.4 Å². The molecule has 1 aliphatic carbocycles. The summed E-state index contributed by atoms with van der Waals surface area (Å²) in [5, 5.41) is 11.9. The molecule has 0 bridgehead atoms. The van der Waals surface area contributed by atoms with Crippen molar-refractivity contribution >= 4 is 17.7 Å². The first kappa shape index (κ1) is 19.4. The summed E-state index contributed by atoms with van der Waals surface area (Å²) in [6, 6.07) is -0.858. The summed E-state index contributed by atoms with van der Waals surface area (Å²) in [4.78, 5) is 35.5. The molecule has 5 nitrogen and oxygen atoms in total. The molecule has 1 rings (SSSR count). The zero-order valence-electron chi connectivity index (χ0n) is 14.4. The third-order valence-corrected chi connectivity index (χ3v) is 4.78. The van der Waals surface area contributed by atoms with Crippen LogP contribution < -0.4 is 5.32 Å². The van der Waals surface area contributed by atoms with Gasteiger partial charge in [0.2, 0.25) is 5.91 Å². The molecule has 0 radical (unpaired) electrons. The standard InChI is InChI=1S/C18H29NO4/c1-4-6-7-8-14-13(9-10-15(14)20)11-16(21)19-17(18(22)23)12(3)5-2/h6-7,12-14,17H,4-5,8-11H2,1-3H3,(H,19,21)(H,22,23)/b7-6+/t12-,13+,14-,17-/m0/s1. The lowest BCUT2D eigenvalue weighted by Gasteiger charge is -2.22. The zero-order valence-corrected chi connectivity index (χ0v) is 14.4. The van der Waals surface area contributed by atoms with Gasteiger partial charge in [0.05, 0.1) is 0 Å². The van der Waals surface area contributed by atoms with Crippen LogP contribution in [0.2, 0.25) is 0 Å². The molecular formula is C18H29NO4. The molecule has 23 heavy (non-hydrogen) atoms. The SMILES string of the molecule is CC/C=C/C[C@@H]1C(=O)CC[C@@H]1CC(=O)N[C@H](C(=O)O)[C@@H](C)CC. The number of nitrogens with one attached hydrogen (secondary N) is 1. The molecule has 4 atom stereocenters. The van der Waals surface area contributed by atoms with Crippen LogP contribution in [0.15, 0.2) is 12.2 Å². The highest BCUT2D eigenvalue weighted by Gasteiger charge is 2.35. The fourth-order valence-electron chi connectivity index (χ4n) is 3.11. The molecule has 0 saturated heterocycles. The smallest absolute Gasteiger partial charge is 0.326 e. The quantitative estimate of drug-likeness (QED) is 0.639. The maximum absolute atomic E-state index is 12.2. The normalized spacial score (nSPS) is 23.9. The van der Waals surface area contributed by atoms with Crippen molar-refractivity contribution in [2.45, 2.75) is 65.3 Å². The fourth-order valence-corrected chi connectivity index (χ4v) is 3.11. The number of Topliss-reactive ketones (excluding diaryl/α,β-unsaturated/α-hetero) is 1. The van der Waals surface area contributed by atoms with E-state index in [1.54, 1.807) is 0 Å². The molecule has 0 aliphatic heterocycles. The second kappa shape index (κ2) is 9.48. The number of carboxylic acid groups (broad SMARTS) is 1. The van der Waals surface area contributed by atoms with Gasteiger partial charge in [-0.15, -0.1) is 0 Å². The highest BCUT2D eigenvalue weighted by molar-refractivity contribution is 5.87. The summed E-state index contributed by atoms with van der Waals surface area (Å²) < 4.78 is 0. The van der Waals surface area contributed by atoms with Gasteiger partial charge in [-0.05, 0) is 31.1 Å². The lowest BCUT2D eigenvalue weighted by molar-refractivity contribution is -0.143. The van der Waals surface area contributed by atoms with Crippen molar-refractivity contribution in [3.63, 3.8) is 0 Å². The summed E-state index contributed by atoms with van der Waals surface area (Å²) in [6.07, 6.45) is 7.82. The van der Waals surface area contributed by atoms with Crippen LogP contribution in [0.1, 0.15) is 59.3 Å². The molecule has 1 amide bonds.